The van der Waals surface area contributed by atoms with Crippen LogP contribution in [0.1, 0.15) is 11.1 Å². The molecule has 0 aliphatic rings. The van der Waals surface area contributed by atoms with Gasteiger partial charge in [-0.25, -0.2) is 4.39 Å². The molecule has 0 amide bonds. The molecule has 0 fully saturated rings. The predicted molar refractivity (Wildman–Crippen MR) is 92.4 cm³/mol. The summed E-state index contributed by atoms with van der Waals surface area (Å²) in [5.74, 6) is 0.360. The highest BCUT2D eigenvalue weighted by atomic mass is 79.9. The number of hydrogen-bond acceptors (Lipinski definition) is 0. The van der Waals surface area contributed by atoms with Crippen molar-refractivity contribution in [2.45, 2.75) is 11.8 Å². The van der Waals surface area contributed by atoms with Gasteiger partial charge >= 0.3 is 0 Å². The van der Waals surface area contributed by atoms with E-state index in [1.54, 1.807) is 6.07 Å². The molecule has 0 bridgehead atoms. The molecule has 112 valence electrons. The van der Waals surface area contributed by atoms with Gasteiger partial charge in [0.1, 0.15) is 5.82 Å². The van der Waals surface area contributed by atoms with Crippen LogP contribution in [0.4, 0.5) is 4.39 Å². The van der Waals surface area contributed by atoms with Crippen molar-refractivity contribution in [2.75, 3.05) is 11.8 Å². The highest BCUT2D eigenvalue weighted by Crippen LogP contribution is 2.33. The number of benzene rings is 2. The van der Waals surface area contributed by atoms with Gasteiger partial charge in [-0.05, 0) is 47.9 Å². The van der Waals surface area contributed by atoms with Crippen molar-refractivity contribution in [3.05, 3.63) is 68.9 Å². The molecule has 0 heterocycles. The average Bonchev–Trinajstić information content (AvgIpc) is 2.44. The molecule has 0 N–H and O–H groups in total. The fraction of sp³-hybridized carbons (Fsp3) is 0.250. The largest absolute Gasteiger partial charge is 0.207 e. The lowest BCUT2D eigenvalue weighted by molar-refractivity contribution is 0.532. The van der Waals surface area contributed by atoms with Gasteiger partial charge in [-0.15, -0.1) is 23.2 Å². The lowest BCUT2D eigenvalue weighted by Gasteiger charge is -2.30. The molecule has 0 spiro atoms. The van der Waals surface area contributed by atoms with Gasteiger partial charge < -0.3 is 0 Å². The smallest absolute Gasteiger partial charge is 0.124 e. The standard InChI is InChI=1S/C16H13BrCl3F/c17-13-4-11(5-15(21)7-13)8-16(9-18,10-19)12-2-1-3-14(20)6-12/h1-7H,8-10H2. The van der Waals surface area contributed by atoms with Gasteiger partial charge in [0.2, 0.25) is 0 Å². The Hall–Kier alpha value is -0.280. The molecule has 5 heteroatoms. The zero-order valence-corrected chi connectivity index (χ0v) is 14.9. The summed E-state index contributed by atoms with van der Waals surface area (Å²) in [5, 5.41) is 0.632. The van der Waals surface area contributed by atoms with Crippen molar-refractivity contribution in [3.8, 4) is 0 Å². The molecule has 0 radical (unpaired) electrons. The van der Waals surface area contributed by atoms with E-state index in [0.29, 0.717) is 27.7 Å². The quantitative estimate of drug-likeness (QED) is 0.515. The minimum Gasteiger partial charge on any atom is -0.207 e. The van der Waals surface area contributed by atoms with E-state index in [9.17, 15) is 4.39 Å². The van der Waals surface area contributed by atoms with Crippen LogP contribution in [0.2, 0.25) is 5.02 Å². The van der Waals surface area contributed by atoms with Crippen LogP contribution in [0.15, 0.2) is 46.9 Å². The molecule has 0 unspecified atom stereocenters. The Kier molecular flexibility index (Phi) is 5.96. The maximum atomic E-state index is 13.6. The van der Waals surface area contributed by atoms with Crippen LogP contribution in [0, 0.1) is 5.82 Å². The fourth-order valence-corrected chi connectivity index (χ4v) is 3.79. The number of alkyl halides is 2. The second-order valence-electron chi connectivity index (χ2n) is 5.01. The summed E-state index contributed by atoms with van der Waals surface area (Å²) < 4.78 is 14.3. The number of halogens is 5. The lowest BCUT2D eigenvalue weighted by atomic mass is 9.79. The van der Waals surface area contributed by atoms with E-state index in [0.717, 1.165) is 11.1 Å². The van der Waals surface area contributed by atoms with Crippen LogP contribution in [-0.4, -0.2) is 11.8 Å². The molecule has 2 aromatic carbocycles. The van der Waals surface area contributed by atoms with E-state index in [2.05, 4.69) is 15.9 Å². The Morgan fingerprint density at radius 3 is 2.33 bits per heavy atom. The van der Waals surface area contributed by atoms with Gasteiger partial charge in [-0.2, -0.15) is 0 Å². The van der Waals surface area contributed by atoms with Crippen LogP contribution in [0.5, 0.6) is 0 Å². The Balaban J connectivity index is 2.42. The first-order valence-electron chi connectivity index (χ1n) is 6.32. The highest BCUT2D eigenvalue weighted by molar-refractivity contribution is 9.10. The van der Waals surface area contributed by atoms with Crippen molar-refractivity contribution in [1.82, 2.24) is 0 Å². The van der Waals surface area contributed by atoms with Gasteiger partial charge in [-0.3, -0.25) is 0 Å². The molecule has 2 rings (SSSR count). The molecule has 0 atom stereocenters. The van der Waals surface area contributed by atoms with Gasteiger partial charge in [0.25, 0.3) is 0 Å². The maximum Gasteiger partial charge on any atom is 0.124 e. The van der Waals surface area contributed by atoms with Gasteiger partial charge in [0.05, 0.1) is 0 Å². The van der Waals surface area contributed by atoms with Crippen molar-refractivity contribution in [2.24, 2.45) is 0 Å². The van der Waals surface area contributed by atoms with Gasteiger partial charge in [0.15, 0.2) is 0 Å². The third-order valence-corrected chi connectivity index (χ3v) is 5.13. The van der Waals surface area contributed by atoms with Crippen molar-refractivity contribution >= 4 is 50.7 Å². The molecular weight excluding hydrogens is 397 g/mol. The zero-order chi connectivity index (χ0) is 15.5. The highest BCUT2D eigenvalue weighted by Gasteiger charge is 2.31. The molecule has 0 aliphatic heterocycles. The van der Waals surface area contributed by atoms with Gasteiger partial charge in [0, 0.05) is 26.7 Å². The minimum absolute atomic E-state index is 0.288. The summed E-state index contributed by atoms with van der Waals surface area (Å²) in [6.45, 7) is 0. The third-order valence-electron chi connectivity index (χ3n) is 3.41. The normalized spacial score (nSPS) is 11.7. The van der Waals surface area contributed by atoms with Crippen LogP contribution in [-0.2, 0) is 11.8 Å². The third kappa shape index (κ3) is 4.13. The van der Waals surface area contributed by atoms with E-state index in [4.69, 9.17) is 34.8 Å². The predicted octanol–water partition coefficient (Wildman–Crippen LogP) is 6.20. The van der Waals surface area contributed by atoms with Crippen LogP contribution < -0.4 is 0 Å². The van der Waals surface area contributed by atoms with Gasteiger partial charge in [-0.1, -0.05) is 39.7 Å². The molecule has 0 nitrogen and oxygen atoms in total. The Morgan fingerprint density at radius 2 is 1.76 bits per heavy atom. The zero-order valence-electron chi connectivity index (χ0n) is 11.1. The van der Waals surface area contributed by atoms with E-state index in [1.165, 1.54) is 12.1 Å². The van der Waals surface area contributed by atoms with E-state index in [-0.39, 0.29) is 5.82 Å². The average molecular weight is 411 g/mol. The van der Waals surface area contributed by atoms with E-state index < -0.39 is 5.41 Å². The summed E-state index contributed by atoms with van der Waals surface area (Å²) in [4.78, 5) is 0. The SMILES string of the molecule is Fc1cc(Br)cc(CC(CCl)(CCl)c2cccc(Cl)c2)c1. The molecule has 2 aromatic rings. The van der Waals surface area contributed by atoms with E-state index in [1.807, 2.05) is 24.3 Å². The van der Waals surface area contributed by atoms with Crippen molar-refractivity contribution < 1.29 is 4.39 Å². The first-order valence-corrected chi connectivity index (χ1v) is 8.56. The van der Waals surface area contributed by atoms with Crippen molar-refractivity contribution in [1.29, 1.82) is 0 Å². The van der Waals surface area contributed by atoms with Crippen LogP contribution in [0.25, 0.3) is 0 Å². The lowest BCUT2D eigenvalue weighted by Crippen LogP contribution is -2.33. The first-order chi connectivity index (χ1) is 9.99. The van der Waals surface area contributed by atoms with E-state index >= 15 is 0 Å². The summed E-state index contributed by atoms with van der Waals surface area (Å²) in [6, 6.07) is 12.3. The molecule has 0 aromatic heterocycles. The van der Waals surface area contributed by atoms with Crippen LogP contribution >= 0.6 is 50.7 Å². The summed E-state index contributed by atoms with van der Waals surface area (Å²) in [5.41, 5.74) is 1.31. The maximum absolute atomic E-state index is 13.6. The fourth-order valence-electron chi connectivity index (χ4n) is 2.31. The second-order valence-corrected chi connectivity index (χ2v) is 6.90. The molecule has 0 aliphatic carbocycles. The first kappa shape index (κ1) is 17.1. The molecular formula is C16H13BrCl3F. The summed E-state index contributed by atoms with van der Waals surface area (Å²) >= 11 is 21.8. The molecule has 21 heavy (non-hydrogen) atoms. The monoisotopic (exact) mass is 408 g/mol. The number of hydrogen-bond donors (Lipinski definition) is 0. The Labute approximate surface area is 147 Å². The Morgan fingerprint density at radius 1 is 1.05 bits per heavy atom. The topological polar surface area (TPSA) is 0 Å². The second kappa shape index (κ2) is 7.32. The Bertz CT molecular complexity index is 606. The molecule has 0 saturated heterocycles. The minimum atomic E-state index is -0.485. The summed E-state index contributed by atoms with van der Waals surface area (Å²) in [7, 11) is 0. The van der Waals surface area contributed by atoms with Crippen LogP contribution in [0.3, 0.4) is 0 Å². The van der Waals surface area contributed by atoms with Crippen molar-refractivity contribution in [3.63, 3.8) is 0 Å². The number of rotatable bonds is 5. The molecule has 0 saturated carbocycles. The summed E-state index contributed by atoms with van der Waals surface area (Å²) in [6.07, 6.45) is 0.538.